The molecule has 0 saturated heterocycles. The van der Waals surface area contributed by atoms with E-state index in [0.717, 1.165) is 23.0 Å². The lowest BCUT2D eigenvalue weighted by Gasteiger charge is -2.12. The maximum Gasteiger partial charge on any atom is 0.393 e. The number of ether oxygens (including phenoxy) is 1. The van der Waals surface area contributed by atoms with Gasteiger partial charge in [0, 0.05) is 17.0 Å². The highest BCUT2D eigenvalue weighted by Crippen LogP contribution is 2.33. The lowest BCUT2D eigenvalue weighted by atomic mass is 10.0. The first-order valence-electron chi connectivity index (χ1n) is 10.7. The van der Waals surface area contributed by atoms with Gasteiger partial charge in [0.2, 0.25) is 0 Å². The molecule has 13 heteroatoms. The van der Waals surface area contributed by atoms with Gasteiger partial charge in [-0.2, -0.15) is 21.6 Å². The second-order valence-electron chi connectivity index (χ2n) is 8.00. The molecule has 0 fully saturated rings. The van der Waals surface area contributed by atoms with E-state index in [9.17, 15) is 30.8 Å². The van der Waals surface area contributed by atoms with E-state index < -0.39 is 40.0 Å². The number of aromatic nitrogens is 1. The summed E-state index contributed by atoms with van der Waals surface area (Å²) >= 11 is 1.05. The Kier molecular flexibility index (Phi) is 7.42. The molecule has 0 amide bonds. The molecule has 38 heavy (non-hydrogen) atoms. The standard InChI is InChI=1S/C25H18F4N2O5S2/c1-36-21-10-18(24(32)33)19(26)11-20(21)31-38(34,35)22-13-37-23(30-22)17-8-6-16(7-9-17)15-4-2-14(3-5-15)12-25(27,28)29/h2-11,13,31H,12H2,1H3,(H,32,33). The molecular formula is C25H18F4N2O5S2. The van der Waals surface area contributed by atoms with Crippen LogP contribution in [0.2, 0.25) is 0 Å². The Hall–Kier alpha value is -3.97. The predicted molar refractivity (Wildman–Crippen MR) is 133 cm³/mol. The molecule has 1 aromatic heterocycles. The average molecular weight is 567 g/mol. The number of rotatable bonds is 8. The average Bonchev–Trinajstić information content (AvgIpc) is 3.35. The number of nitrogens with zero attached hydrogens (tertiary/aromatic N) is 1. The summed E-state index contributed by atoms with van der Waals surface area (Å²) in [6.45, 7) is 0. The quantitative estimate of drug-likeness (QED) is 0.245. The maximum absolute atomic E-state index is 14.1. The lowest BCUT2D eigenvalue weighted by molar-refractivity contribution is -0.127. The fourth-order valence-electron chi connectivity index (χ4n) is 3.53. The lowest BCUT2D eigenvalue weighted by Crippen LogP contribution is -2.15. The number of nitrogens with one attached hydrogen (secondary N) is 1. The summed E-state index contributed by atoms with van der Waals surface area (Å²) in [5, 5.41) is 10.4. The van der Waals surface area contributed by atoms with Gasteiger partial charge in [-0.3, -0.25) is 4.72 Å². The number of aromatic carboxylic acids is 1. The molecule has 0 saturated carbocycles. The number of carboxylic acids is 1. The number of alkyl halides is 3. The van der Waals surface area contributed by atoms with Gasteiger partial charge >= 0.3 is 12.1 Å². The highest BCUT2D eigenvalue weighted by molar-refractivity contribution is 7.92. The molecule has 3 aromatic carbocycles. The minimum absolute atomic E-state index is 0.154. The van der Waals surface area contributed by atoms with Crippen molar-refractivity contribution in [3.63, 3.8) is 0 Å². The van der Waals surface area contributed by atoms with Gasteiger partial charge in [0.05, 0.1) is 24.8 Å². The van der Waals surface area contributed by atoms with E-state index in [4.69, 9.17) is 9.84 Å². The molecule has 1 heterocycles. The maximum atomic E-state index is 14.1. The summed E-state index contributed by atoms with van der Waals surface area (Å²) in [5.74, 6) is -2.88. The normalized spacial score (nSPS) is 11.8. The monoisotopic (exact) mass is 566 g/mol. The Bertz CT molecular complexity index is 1580. The van der Waals surface area contributed by atoms with Gasteiger partial charge < -0.3 is 9.84 Å². The number of hydrogen-bond acceptors (Lipinski definition) is 6. The van der Waals surface area contributed by atoms with Crippen molar-refractivity contribution < 1.29 is 40.6 Å². The number of anilines is 1. The van der Waals surface area contributed by atoms with Gasteiger partial charge in [0.15, 0.2) is 5.03 Å². The van der Waals surface area contributed by atoms with Gasteiger partial charge in [0.1, 0.15) is 16.6 Å². The van der Waals surface area contributed by atoms with E-state index in [1.165, 1.54) is 24.6 Å². The third-order valence-corrected chi connectivity index (χ3v) is 7.64. The number of carbonyl (C=O) groups is 1. The van der Waals surface area contributed by atoms with Crippen molar-refractivity contribution >= 4 is 33.0 Å². The van der Waals surface area contributed by atoms with Gasteiger partial charge in [-0.15, -0.1) is 11.3 Å². The molecule has 0 spiro atoms. The Labute approximate surface area is 218 Å². The Morgan fingerprint density at radius 3 is 2.16 bits per heavy atom. The Balaban J connectivity index is 1.53. The minimum atomic E-state index is -4.29. The molecule has 0 aliphatic heterocycles. The van der Waals surface area contributed by atoms with E-state index in [0.29, 0.717) is 22.2 Å². The highest BCUT2D eigenvalue weighted by atomic mass is 32.2. The van der Waals surface area contributed by atoms with Crippen LogP contribution in [-0.2, 0) is 16.4 Å². The summed E-state index contributed by atoms with van der Waals surface area (Å²) in [7, 11) is -3.10. The smallest absolute Gasteiger partial charge is 0.393 e. The zero-order valence-electron chi connectivity index (χ0n) is 19.4. The molecule has 0 bridgehead atoms. The van der Waals surface area contributed by atoms with Crippen LogP contribution in [0, 0.1) is 5.82 Å². The third-order valence-electron chi connectivity index (χ3n) is 5.35. The van der Waals surface area contributed by atoms with Crippen molar-refractivity contribution in [1.29, 1.82) is 0 Å². The number of thiazole rings is 1. The van der Waals surface area contributed by atoms with E-state index in [-0.39, 0.29) is 22.0 Å². The van der Waals surface area contributed by atoms with Crippen molar-refractivity contribution in [2.45, 2.75) is 17.6 Å². The zero-order valence-corrected chi connectivity index (χ0v) is 21.0. The van der Waals surface area contributed by atoms with E-state index in [2.05, 4.69) is 9.71 Å². The van der Waals surface area contributed by atoms with Gasteiger partial charge in [-0.05, 0) is 22.8 Å². The van der Waals surface area contributed by atoms with Crippen LogP contribution in [0.3, 0.4) is 0 Å². The van der Waals surface area contributed by atoms with E-state index in [1.807, 2.05) is 0 Å². The van der Waals surface area contributed by atoms with Crippen LogP contribution in [0.25, 0.3) is 21.7 Å². The fourth-order valence-corrected chi connectivity index (χ4v) is 5.69. The van der Waals surface area contributed by atoms with Gasteiger partial charge in [0.25, 0.3) is 10.0 Å². The van der Waals surface area contributed by atoms with Crippen molar-refractivity contribution in [3.8, 4) is 27.4 Å². The topological polar surface area (TPSA) is 106 Å². The van der Waals surface area contributed by atoms with Crippen molar-refractivity contribution in [2.24, 2.45) is 0 Å². The molecule has 4 aromatic rings. The Morgan fingerprint density at radius 2 is 1.61 bits per heavy atom. The first-order valence-corrected chi connectivity index (χ1v) is 13.1. The molecule has 7 nitrogen and oxygen atoms in total. The molecule has 0 unspecified atom stereocenters. The first-order chi connectivity index (χ1) is 17.9. The van der Waals surface area contributed by atoms with Crippen molar-refractivity contribution in [3.05, 3.63) is 83.0 Å². The SMILES string of the molecule is COc1cc(C(=O)O)c(F)cc1NS(=O)(=O)c1csc(-c2ccc(-c3ccc(CC(F)(F)F)cc3)cc2)n1. The number of hydrogen-bond donors (Lipinski definition) is 2. The summed E-state index contributed by atoms with van der Waals surface area (Å²) in [6, 6.07) is 14.5. The molecule has 2 N–H and O–H groups in total. The largest absolute Gasteiger partial charge is 0.495 e. The molecule has 0 aliphatic carbocycles. The summed E-state index contributed by atoms with van der Waals surface area (Å²) in [5.41, 5.74) is 1.24. The van der Waals surface area contributed by atoms with Crippen LogP contribution >= 0.6 is 11.3 Å². The van der Waals surface area contributed by atoms with Crippen molar-refractivity contribution in [1.82, 2.24) is 4.98 Å². The molecule has 4 rings (SSSR count). The van der Waals surface area contributed by atoms with Gasteiger partial charge in [-0.25, -0.2) is 14.2 Å². The number of halogens is 4. The minimum Gasteiger partial charge on any atom is -0.495 e. The second kappa shape index (κ2) is 10.4. The first kappa shape index (κ1) is 27.1. The second-order valence-corrected chi connectivity index (χ2v) is 10.5. The van der Waals surface area contributed by atoms with Crippen LogP contribution in [0.1, 0.15) is 15.9 Å². The third kappa shape index (κ3) is 6.11. The van der Waals surface area contributed by atoms with Crippen LogP contribution in [0.15, 0.2) is 71.1 Å². The summed E-state index contributed by atoms with van der Waals surface area (Å²) in [6.07, 6.45) is -5.29. The summed E-state index contributed by atoms with van der Waals surface area (Å²) < 4.78 is 84.7. The highest BCUT2D eigenvalue weighted by Gasteiger charge is 2.27. The van der Waals surface area contributed by atoms with Crippen LogP contribution in [0.5, 0.6) is 5.75 Å². The molecule has 0 radical (unpaired) electrons. The fraction of sp³-hybridized carbons (Fsp3) is 0.120. The van der Waals surface area contributed by atoms with E-state index >= 15 is 0 Å². The van der Waals surface area contributed by atoms with Gasteiger partial charge in [-0.1, -0.05) is 48.5 Å². The predicted octanol–water partition coefficient (Wildman–Crippen LogP) is 6.23. The van der Waals surface area contributed by atoms with Crippen LogP contribution < -0.4 is 9.46 Å². The molecule has 198 valence electrons. The molecular weight excluding hydrogens is 548 g/mol. The number of methoxy groups -OCH3 is 1. The zero-order chi connectivity index (χ0) is 27.7. The Morgan fingerprint density at radius 1 is 1.03 bits per heavy atom. The van der Waals surface area contributed by atoms with E-state index in [1.54, 1.807) is 36.4 Å². The van der Waals surface area contributed by atoms with Crippen molar-refractivity contribution in [2.75, 3.05) is 11.8 Å². The molecule has 0 aliphatic rings. The van der Waals surface area contributed by atoms with Crippen LogP contribution in [0.4, 0.5) is 23.2 Å². The summed E-state index contributed by atoms with van der Waals surface area (Å²) in [4.78, 5) is 15.3. The molecule has 0 atom stereocenters. The number of sulfonamides is 1. The number of carboxylic acid groups (broad SMARTS) is 1. The number of benzene rings is 3. The van der Waals surface area contributed by atoms with Crippen LogP contribution in [-0.4, -0.2) is 37.8 Å².